The van der Waals surface area contributed by atoms with Crippen LogP contribution >= 0.6 is 0 Å². The first-order valence-electron chi connectivity index (χ1n) is 9.74. The van der Waals surface area contributed by atoms with Gasteiger partial charge in [0, 0.05) is 17.4 Å². The summed E-state index contributed by atoms with van der Waals surface area (Å²) in [6, 6.07) is 10.7. The van der Waals surface area contributed by atoms with Gasteiger partial charge in [-0.3, -0.25) is 0 Å². The molecule has 10 heteroatoms. The van der Waals surface area contributed by atoms with E-state index in [0.717, 1.165) is 17.7 Å². The van der Waals surface area contributed by atoms with Crippen molar-refractivity contribution in [3.63, 3.8) is 0 Å². The molecule has 0 saturated heterocycles. The molecule has 0 bridgehead atoms. The standard InChI is InChI=1S/C23H19F3N6O/c1-13-9-16(23(24,25)26)11-17(10-13)29-22-19-6-3-14(2)18(21(19)33-31-22)7-4-15-5-8-20(30-27)32(28)12-15/h3,5-6,8-12H,27-28H2,1-2H3,(H,29,31)/b30-20-. The monoisotopic (exact) mass is 452 g/mol. The Hall–Kier alpha value is -4.39. The number of halogens is 3. The molecule has 7 nitrogen and oxygen atoms in total. The topological polar surface area (TPSA) is 107 Å². The molecule has 0 aliphatic carbocycles. The van der Waals surface area contributed by atoms with Crippen molar-refractivity contribution >= 4 is 22.5 Å². The number of hydrogen-bond acceptors (Lipinski definition) is 6. The first-order valence-corrected chi connectivity index (χ1v) is 9.74. The largest absolute Gasteiger partial charge is 0.416 e. The number of nitrogens with zero attached hydrogens (tertiary/aromatic N) is 3. The minimum atomic E-state index is -4.45. The molecule has 2 aromatic heterocycles. The average molecular weight is 452 g/mol. The lowest BCUT2D eigenvalue weighted by atomic mass is 10.1. The Morgan fingerprint density at radius 2 is 1.88 bits per heavy atom. The first kappa shape index (κ1) is 21.8. The van der Waals surface area contributed by atoms with Crippen LogP contribution in [0.3, 0.4) is 0 Å². The molecule has 2 heterocycles. The highest BCUT2D eigenvalue weighted by atomic mass is 19.4. The number of nitrogen functional groups attached to an aromatic ring is 1. The summed E-state index contributed by atoms with van der Waals surface area (Å²) in [5, 5.41) is 11.1. The lowest BCUT2D eigenvalue weighted by molar-refractivity contribution is -0.137. The van der Waals surface area contributed by atoms with Gasteiger partial charge in [-0.25, -0.2) is 4.68 Å². The van der Waals surface area contributed by atoms with Gasteiger partial charge in [-0.1, -0.05) is 23.1 Å². The van der Waals surface area contributed by atoms with Gasteiger partial charge >= 0.3 is 6.18 Å². The molecule has 5 N–H and O–H groups in total. The van der Waals surface area contributed by atoms with Crippen LogP contribution in [0.2, 0.25) is 0 Å². The van der Waals surface area contributed by atoms with Crippen LogP contribution in [0.25, 0.3) is 11.0 Å². The van der Waals surface area contributed by atoms with E-state index < -0.39 is 11.7 Å². The third-order valence-corrected chi connectivity index (χ3v) is 4.94. The van der Waals surface area contributed by atoms with E-state index in [1.165, 1.54) is 4.68 Å². The molecular weight excluding hydrogens is 433 g/mol. The summed E-state index contributed by atoms with van der Waals surface area (Å²) in [7, 11) is 0. The van der Waals surface area contributed by atoms with Gasteiger partial charge in [0.25, 0.3) is 0 Å². The Bertz CT molecular complexity index is 1490. The van der Waals surface area contributed by atoms with E-state index in [-0.39, 0.29) is 5.69 Å². The normalized spacial score (nSPS) is 12.0. The Kier molecular flexibility index (Phi) is 5.47. The van der Waals surface area contributed by atoms with Crippen LogP contribution in [0.15, 0.2) is 58.3 Å². The van der Waals surface area contributed by atoms with E-state index >= 15 is 0 Å². The number of rotatable bonds is 2. The third kappa shape index (κ3) is 4.48. The highest BCUT2D eigenvalue weighted by Crippen LogP contribution is 2.34. The van der Waals surface area contributed by atoms with Crippen molar-refractivity contribution in [3.8, 4) is 11.8 Å². The van der Waals surface area contributed by atoms with E-state index in [0.29, 0.717) is 39.0 Å². The van der Waals surface area contributed by atoms with Crippen LogP contribution in [-0.2, 0) is 6.18 Å². The second-order valence-electron chi connectivity index (χ2n) is 7.44. The number of hydrogen-bond donors (Lipinski definition) is 3. The summed E-state index contributed by atoms with van der Waals surface area (Å²) in [5.41, 5.74) is 2.85. The van der Waals surface area contributed by atoms with Crippen molar-refractivity contribution in [2.75, 3.05) is 11.2 Å². The van der Waals surface area contributed by atoms with Crippen LogP contribution in [0.5, 0.6) is 0 Å². The van der Waals surface area contributed by atoms with Gasteiger partial charge in [-0.05, 0) is 61.4 Å². The van der Waals surface area contributed by atoms with Gasteiger partial charge in [-0.2, -0.15) is 18.3 Å². The van der Waals surface area contributed by atoms with Crippen molar-refractivity contribution in [2.24, 2.45) is 10.9 Å². The molecule has 0 amide bonds. The molecular formula is C23H19F3N6O. The van der Waals surface area contributed by atoms with Crippen molar-refractivity contribution < 1.29 is 17.7 Å². The summed E-state index contributed by atoms with van der Waals surface area (Å²) in [6.07, 6.45) is -2.87. The number of pyridine rings is 1. The predicted molar refractivity (Wildman–Crippen MR) is 119 cm³/mol. The van der Waals surface area contributed by atoms with Crippen LogP contribution < -0.4 is 22.5 Å². The van der Waals surface area contributed by atoms with Gasteiger partial charge in [0.1, 0.15) is 0 Å². The zero-order valence-electron chi connectivity index (χ0n) is 17.7. The van der Waals surface area contributed by atoms with Gasteiger partial charge in [0.2, 0.25) is 0 Å². The Morgan fingerprint density at radius 1 is 1.09 bits per heavy atom. The molecule has 0 unspecified atom stereocenters. The average Bonchev–Trinajstić information content (AvgIpc) is 3.15. The second kappa shape index (κ2) is 8.27. The molecule has 33 heavy (non-hydrogen) atoms. The zero-order valence-corrected chi connectivity index (χ0v) is 17.7. The molecule has 0 aliphatic heterocycles. The van der Waals surface area contributed by atoms with Crippen LogP contribution in [0.1, 0.15) is 27.8 Å². The minimum absolute atomic E-state index is 0.253. The molecule has 4 aromatic rings. The van der Waals surface area contributed by atoms with E-state index in [1.807, 2.05) is 13.0 Å². The molecule has 4 rings (SSSR count). The predicted octanol–water partition coefficient (Wildman–Crippen LogP) is 3.90. The number of nitrogens with two attached hydrogens (primary N) is 2. The number of nitrogens with one attached hydrogen (secondary N) is 1. The molecule has 0 fully saturated rings. The fraction of sp³-hybridized carbons (Fsp3) is 0.130. The zero-order chi connectivity index (χ0) is 23.8. The van der Waals surface area contributed by atoms with Crippen LogP contribution in [0, 0.1) is 25.7 Å². The number of aromatic nitrogens is 2. The Morgan fingerprint density at radius 3 is 2.58 bits per heavy atom. The molecule has 0 spiro atoms. The quantitative estimate of drug-likeness (QED) is 0.243. The lowest BCUT2D eigenvalue weighted by Crippen LogP contribution is -2.28. The fourth-order valence-electron chi connectivity index (χ4n) is 3.33. The summed E-state index contributed by atoms with van der Waals surface area (Å²) in [5.74, 6) is 17.4. The van der Waals surface area contributed by atoms with E-state index in [1.54, 1.807) is 37.4 Å². The van der Waals surface area contributed by atoms with Crippen LogP contribution in [0.4, 0.5) is 24.7 Å². The van der Waals surface area contributed by atoms with E-state index in [4.69, 9.17) is 16.2 Å². The van der Waals surface area contributed by atoms with Crippen molar-refractivity contribution in [1.82, 2.24) is 9.83 Å². The maximum absolute atomic E-state index is 13.2. The maximum atomic E-state index is 13.2. The Balaban J connectivity index is 1.73. The van der Waals surface area contributed by atoms with Crippen molar-refractivity contribution in [3.05, 3.63) is 82.0 Å². The molecule has 2 aromatic carbocycles. The molecule has 0 radical (unpaired) electrons. The number of anilines is 2. The van der Waals surface area contributed by atoms with Crippen molar-refractivity contribution in [2.45, 2.75) is 20.0 Å². The van der Waals surface area contributed by atoms with Gasteiger partial charge in [-0.15, -0.1) is 0 Å². The third-order valence-electron chi connectivity index (χ3n) is 4.94. The Labute approximate surface area is 186 Å². The van der Waals surface area contributed by atoms with Crippen LogP contribution in [-0.4, -0.2) is 9.83 Å². The molecule has 0 atom stereocenters. The number of fused-ring (bicyclic) bond motifs is 1. The van der Waals surface area contributed by atoms with E-state index in [9.17, 15) is 13.2 Å². The second-order valence-corrected chi connectivity index (χ2v) is 7.44. The molecule has 168 valence electrons. The lowest BCUT2D eigenvalue weighted by Gasteiger charge is -2.11. The summed E-state index contributed by atoms with van der Waals surface area (Å²) in [6.45, 7) is 3.46. The van der Waals surface area contributed by atoms with Gasteiger partial charge < -0.3 is 21.5 Å². The van der Waals surface area contributed by atoms with Gasteiger partial charge in [0.05, 0.1) is 16.5 Å². The molecule has 0 saturated carbocycles. The first-order chi connectivity index (χ1) is 15.7. The SMILES string of the molecule is Cc1cc(Nc2noc3c(C#Cc4cc/c(=N/N)n(N)c4)c(C)ccc23)cc(C(F)(F)F)c1. The number of alkyl halides is 3. The van der Waals surface area contributed by atoms with Gasteiger partial charge in [0.15, 0.2) is 16.9 Å². The fourth-order valence-corrected chi connectivity index (χ4v) is 3.33. The smallest absolute Gasteiger partial charge is 0.353 e. The summed E-state index contributed by atoms with van der Waals surface area (Å²) in [4.78, 5) is 0. The highest BCUT2D eigenvalue weighted by molar-refractivity contribution is 5.94. The summed E-state index contributed by atoms with van der Waals surface area (Å²) >= 11 is 0. The summed E-state index contributed by atoms with van der Waals surface area (Å²) < 4.78 is 46.3. The van der Waals surface area contributed by atoms with E-state index in [2.05, 4.69) is 27.4 Å². The number of aryl methyl sites for hydroxylation is 2. The maximum Gasteiger partial charge on any atom is 0.416 e. The molecule has 0 aliphatic rings. The number of benzene rings is 2. The van der Waals surface area contributed by atoms with Crippen molar-refractivity contribution in [1.29, 1.82) is 0 Å². The highest BCUT2D eigenvalue weighted by Gasteiger charge is 2.31. The minimum Gasteiger partial charge on any atom is -0.353 e.